The monoisotopic (exact) mass is 453 g/mol. The number of carbonyl (C=O) groups is 2. The van der Waals surface area contributed by atoms with Crippen molar-refractivity contribution in [1.29, 1.82) is 5.26 Å². The predicted octanol–water partition coefficient (Wildman–Crippen LogP) is 5.20. The Balaban J connectivity index is 0.00000363. The summed E-state index contributed by atoms with van der Waals surface area (Å²) in [7, 11) is 0. The van der Waals surface area contributed by atoms with Gasteiger partial charge in [-0.05, 0) is 60.1 Å². The van der Waals surface area contributed by atoms with Crippen molar-refractivity contribution in [2.45, 2.75) is 52.5 Å². The van der Waals surface area contributed by atoms with E-state index in [9.17, 15) is 9.59 Å². The first-order chi connectivity index (χ1) is 14.9. The quantitative estimate of drug-likeness (QED) is 0.653. The fourth-order valence-corrected chi connectivity index (χ4v) is 4.09. The van der Waals surface area contributed by atoms with Crippen LogP contribution in [0.3, 0.4) is 0 Å². The van der Waals surface area contributed by atoms with Crippen LogP contribution in [0.25, 0.3) is 0 Å². The Kier molecular flexibility index (Phi) is 9.28. The average Bonchev–Trinajstić information content (AvgIpc) is 2.78. The minimum atomic E-state index is -0.571. The Morgan fingerprint density at radius 2 is 1.69 bits per heavy atom. The topological polar surface area (TPSA) is 73.2 Å². The molecule has 2 amide bonds. The van der Waals surface area contributed by atoms with Crippen molar-refractivity contribution in [3.05, 3.63) is 70.2 Å². The van der Waals surface area contributed by atoms with E-state index in [0.29, 0.717) is 31.0 Å². The van der Waals surface area contributed by atoms with Crippen molar-refractivity contribution in [3.8, 4) is 6.07 Å². The molecule has 2 aromatic carbocycles. The van der Waals surface area contributed by atoms with Crippen molar-refractivity contribution in [1.82, 2.24) is 10.2 Å². The van der Waals surface area contributed by atoms with Gasteiger partial charge >= 0.3 is 0 Å². The van der Waals surface area contributed by atoms with Gasteiger partial charge in [-0.1, -0.05) is 57.1 Å². The molecule has 1 fully saturated rings. The molecule has 0 bridgehead atoms. The van der Waals surface area contributed by atoms with Gasteiger partial charge in [-0.15, -0.1) is 0 Å². The number of nitrogens with zero attached hydrogens (tertiary/aromatic N) is 2. The van der Waals surface area contributed by atoms with Gasteiger partial charge in [0, 0.05) is 23.7 Å². The molecule has 1 heterocycles. The summed E-state index contributed by atoms with van der Waals surface area (Å²) in [5.41, 5.74) is 2.60. The molecule has 1 saturated heterocycles. The highest BCUT2D eigenvalue weighted by atomic mass is 35.5. The lowest BCUT2D eigenvalue weighted by atomic mass is 9.89. The van der Waals surface area contributed by atoms with Crippen LogP contribution in [0, 0.1) is 17.2 Å². The van der Waals surface area contributed by atoms with E-state index in [2.05, 4.69) is 23.5 Å². The molecule has 6 heteroatoms. The number of nitriles is 1. The lowest BCUT2D eigenvalue weighted by Crippen LogP contribution is -2.52. The van der Waals surface area contributed by atoms with Crippen LogP contribution in [0.5, 0.6) is 0 Å². The normalized spacial score (nSPS) is 14.9. The maximum Gasteiger partial charge on any atom is 0.251 e. The second-order valence-corrected chi connectivity index (χ2v) is 8.81. The van der Waals surface area contributed by atoms with Gasteiger partial charge in [-0.3, -0.25) is 9.59 Å². The number of amides is 2. The molecule has 5 nitrogen and oxygen atoms in total. The van der Waals surface area contributed by atoms with Gasteiger partial charge in [-0.25, -0.2) is 0 Å². The molecule has 0 radical (unpaired) electrons. The molecule has 0 saturated carbocycles. The fourth-order valence-electron chi connectivity index (χ4n) is 3.97. The standard InChI is InChI=1S/C25H28ClN3O2.CH4/c1-17(2)23(28-24(30)21-5-3-18(4-6-21)11-14-27)25(31)29-15-12-20(13-16-29)19-7-9-22(26)10-8-19;/h3-10,17,20,23H,11-13,15-16H2,1-2H3,(H,28,30);1H4/t23-;/m1./s1. The second kappa shape index (κ2) is 11.7. The summed E-state index contributed by atoms with van der Waals surface area (Å²) in [4.78, 5) is 27.8. The third-order valence-corrected chi connectivity index (χ3v) is 6.12. The van der Waals surface area contributed by atoms with Gasteiger partial charge in [-0.2, -0.15) is 5.26 Å². The van der Waals surface area contributed by atoms with Gasteiger partial charge in [0.05, 0.1) is 12.5 Å². The lowest BCUT2D eigenvalue weighted by Gasteiger charge is -2.35. The number of likely N-dealkylation sites (tertiary alicyclic amines) is 1. The van der Waals surface area contributed by atoms with E-state index in [4.69, 9.17) is 16.9 Å². The van der Waals surface area contributed by atoms with E-state index in [1.807, 2.05) is 30.9 Å². The molecule has 1 atom stereocenters. The first-order valence-electron chi connectivity index (χ1n) is 10.7. The largest absolute Gasteiger partial charge is 0.341 e. The molecule has 170 valence electrons. The van der Waals surface area contributed by atoms with Crippen molar-refractivity contribution in [2.24, 2.45) is 5.92 Å². The summed E-state index contributed by atoms with van der Waals surface area (Å²) in [6.45, 7) is 5.24. The zero-order chi connectivity index (χ0) is 22.4. The molecular formula is C26H32ClN3O2. The third kappa shape index (κ3) is 6.34. The fraction of sp³-hybridized carbons (Fsp3) is 0.423. The molecule has 3 rings (SSSR count). The van der Waals surface area contributed by atoms with Crippen molar-refractivity contribution >= 4 is 23.4 Å². The molecule has 1 aliphatic heterocycles. The van der Waals surface area contributed by atoms with Gasteiger partial charge in [0.1, 0.15) is 6.04 Å². The summed E-state index contributed by atoms with van der Waals surface area (Å²) >= 11 is 5.99. The Hall–Kier alpha value is -2.84. The summed E-state index contributed by atoms with van der Waals surface area (Å²) in [6.07, 6.45) is 2.10. The van der Waals surface area contributed by atoms with Gasteiger partial charge in [0.25, 0.3) is 5.91 Å². The van der Waals surface area contributed by atoms with Crippen LogP contribution in [0.15, 0.2) is 48.5 Å². The minimum absolute atomic E-state index is 0. The molecule has 2 aromatic rings. The molecule has 32 heavy (non-hydrogen) atoms. The number of rotatable bonds is 6. The maximum absolute atomic E-state index is 13.2. The summed E-state index contributed by atoms with van der Waals surface area (Å²) < 4.78 is 0. The number of hydrogen-bond donors (Lipinski definition) is 1. The Morgan fingerprint density at radius 3 is 2.22 bits per heavy atom. The van der Waals surface area contributed by atoms with Crippen molar-refractivity contribution in [3.63, 3.8) is 0 Å². The number of halogens is 1. The summed E-state index contributed by atoms with van der Waals surface area (Å²) in [6, 6.07) is 16.4. The maximum atomic E-state index is 13.2. The average molecular weight is 454 g/mol. The third-order valence-electron chi connectivity index (χ3n) is 5.87. The van der Waals surface area contributed by atoms with E-state index in [-0.39, 0.29) is 25.2 Å². The van der Waals surface area contributed by atoms with Crippen LogP contribution >= 0.6 is 11.6 Å². The van der Waals surface area contributed by atoms with Gasteiger partial charge in [0.15, 0.2) is 0 Å². The number of piperidine rings is 1. The van der Waals surface area contributed by atoms with E-state index in [0.717, 1.165) is 23.4 Å². The first kappa shape index (κ1) is 25.4. The molecule has 0 aliphatic carbocycles. The van der Waals surface area contributed by atoms with Gasteiger partial charge < -0.3 is 10.2 Å². The lowest BCUT2D eigenvalue weighted by molar-refractivity contribution is -0.135. The number of benzene rings is 2. The smallest absolute Gasteiger partial charge is 0.251 e. The van der Waals surface area contributed by atoms with E-state index in [1.54, 1.807) is 24.3 Å². The molecule has 0 unspecified atom stereocenters. The second-order valence-electron chi connectivity index (χ2n) is 8.38. The van der Waals surface area contributed by atoms with Crippen LogP contribution in [0.2, 0.25) is 5.02 Å². The Labute approximate surface area is 196 Å². The van der Waals surface area contributed by atoms with E-state index in [1.165, 1.54) is 5.56 Å². The molecular weight excluding hydrogens is 422 g/mol. The highest BCUT2D eigenvalue weighted by Gasteiger charge is 2.31. The predicted molar refractivity (Wildman–Crippen MR) is 129 cm³/mol. The zero-order valence-electron chi connectivity index (χ0n) is 18.0. The van der Waals surface area contributed by atoms with Crippen LogP contribution in [0.1, 0.15) is 61.5 Å². The van der Waals surface area contributed by atoms with Crippen LogP contribution < -0.4 is 5.32 Å². The minimum Gasteiger partial charge on any atom is -0.341 e. The highest BCUT2D eigenvalue weighted by molar-refractivity contribution is 6.30. The van der Waals surface area contributed by atoms with Crippen LogP contribution in [-0.4, -0.2) is 35.8 Å². The number of nitrogens with one attached hydrogen (secondary N) is 1. The SMILES string of the molecule is C.CC(C)[C@@H](NC(=O)c1ccc(CC#N)cc1)C(=O)N1CCC(c2ccc(Cl)cc2)CC1. The zero-order valence-corrected chi connectivity index (χ0v) is 18.7. The van der Waals surface area contributed by atoms with E-state index >= 15 is 0 Å². The number of hydrogen-bond acceptors (Lipinski definition) is 3. The highest BCUT2D eigenvalue weighted by Crippen LogP contribution is 2.29. The summed E-state index contributed by atoms with van der Waals surface area (Å²) in [5, 5.41) is 12.4. The Morgan fingerprint density at radius 1 is 1.09 bits per heavy atom. The Bertz CT molecular complexity index is 941. The molecule has 0 spiro atoms. The van der Waals surface area contributed by atoms with Crippen LogP contribution in [-0.2, 0) is 11.2 Å². The molecule has 0 aromatic heterocycles. The summed E-state index contributed by atoms with van der Waals surface area (Å²) in [5.74, 6) is 0.0919. The van der Waals surface area contributed by atoms with Crippen molar-refractivity contribution < 1.29 is 9.59 Å². The van der Waals surface area contributed by atoms with E-state index < -0.39 is 6.04 Å². The van der Waals surface area contributed by atoms with Crippen LogP contribution in [0.4, 0.5) is 0 Å². The molecule has 1 aliphatic rings. The first-order valence-corrected chi connectivity index (χ1v) is 11.1. The molecule has 1 N–H and O–H groups in total. The van der Waals surface area contributed by atoms with Crippen molar-refractivity contribution in [2.75, 3.05) is 13.1 Å². The van der Waals surface area contributed by atoms with Gasteiger partial charge in [0.2, 0.25) is 5.91 Å². The number of carbonyl (C=O) groups excluding carboxylic acids is 2.